The van der Waals surface area contributed by atoms with Gasteiger partial charge in [0.1, 0.15) is 16.0 Å². The standard InChI is InChI=1S/C17H17Br2N3O3/c1-9-4-3-5-11(6-9)20-8-13(23)22-21-7-12-10(2)14(18)17(25)15(19)16(12)24/h3-7,20,24-25H,8H2,1-2H3,(H,22,23)/b21-7-. The maximum absolute atomic E-state index is 11.8. The van der Waals surface area contributed by atoms with Crippen molar-refractivity contribution in [2.45, 2.75) is 13.8 Å². The first-order valence-corrected chi connectivity index (χ1v) is 8.91. The van der Waals surface area contributed by atoms with E-state index in [9.17, 15) is 15.0 Å². The van der Waals surface area contributed by atoms with E-state index in [-0.39, 0.29) is 28.4 Å². The van der Waals surface area contributed by atoms with Crippen LogP contribution in [0.1, 0.15) is 16.7 Å². The van der Waals surface area contributed by atoms with Crippen LogP contribution in [0.15, 0.2) is 38.3 Å². The minimum atomic E-state index is -0.327. The topological polar surface area (TPSA) is 94.0 Å². The Labute approximate surface area is 162 Å². The Balaban J connectivity index is 2.00. The fourth-order valence-corrected chi connectivity index (χ4v) is 3.19. The van der Waals surface area contributed by atoms with E-state index in [0.717, 1.165) is 11.3 Å². The number of aromatic hydroxyl groups is 2. The molecule has 0 aliphatic rings. The molecule has 4 N–H and O–H groups in total. The largest absolute Gasteiger partial charge is 0.506 e. The van der Waals surface area contributed by atoms with E-state index in [1.807, 2.05) is 31.2 Å². The minimum Gasteiger partial charge on any atom is -0.506 e. The molecule has 6 nitrogen and oxygen atoms in total. The molecule has 2 rings (SSSR count). The average Bonchev–Trinajstić information content (AvgIpc) is 2.59. The van der Waals surface area contributed by atoms with Crippen molar-refractivity contribution in [2.75, 3.05) is 11.9 Å². The number of halogens is 2. The molecule has 132 valence electrons. The molecule has 8 heteroatoms. The monoisotopic (exact) mass is 469 g/mol. The van der Waals surface area contributed by atoms with E-state index in [0.29, 0.717) is 15.6 Å². The van der Waals surface area contributed by atoms with Crippen LogP contribution in [-0.2, 0) is 4.79 Å². The smallest absolute Gasteiger partial charge is 0.259 e. The van der Waals surface area contributed by atoms with E-state index in [1.54, 1.807) is 6.92 Å². The van der Waals surface area contributed by atoms with Gasteiger partial charge in [-0.05, 0) is 69.0 Å². The molecule has 0 aromatic heterocycles. The molecule has 2 aromatic rings. The van der Waals surface area contributed by atoms with E-state index in [2.05, 4.69) is 47.7 Å². The lowest BCUT2D eigenvalue weighted by Gasteiger charge is -2.11. The van der Waals surface area contributed by atoms with Gasteiger partial charge in [-0.3, -0.25) is 4.79 Å². The zero-order valence-corrected chi connectivity index (χ0v) is 16.8. The summed E-state index contributed by atoms with van der Waals surface area (Å²) in [4.78, 5) is 11.8. The quantitative estimate of drug-likeness (QED) is 0.395. The number of nitrogens with one attached hydrogen (secondary N) is 2. The van der Waals surface area contributed by atoms with Crippen molar-refractivity contribution in [1.29, 1.82) is 0 Å². The van der Waals surface area contributed by atoms with E-state index in [4.69, 9.17) is 0 Å². The molecule has 0 aliphatic carbocycles. The van der Waals surface area contributed by atoms with Gasteiger partial charge in [0.05, 0.1) is 17.2 Å². The Morgan fingerprint density at radius 3 is 2.60 bits per heavy atom. The Bertz CT molecular complexity index is 809. The molecule has 0 unspecified atom stereocenters. The molecule has 25 heavy (non-hydrogen) atoms. The fourth-order valence-electron chi connectivity index (χ4n) is 2.10. The molecule has 0 atom stereocenters. The maximum atomic E-state index is 11.8. The number of benzene rings is 2. The van der Waals surface area contributed by atoms with Gasteiger partial charge in [0.2, 0.25) is 0 Å². The van der Waals surface area contributed by atoms with Gasteiger partial charge in [0.15, 0.2) is 0 Å². The molecule has 0 spiro atoms. The van der Waals surface area contributed by atoms with Crippen molar-refractivity contribution in [3.05, 3.63) is 49.9 Å². The summed E-state index contributed by atoms with van der Waals surface area (Å²) in [7, 11) is 0. The Morgan fingerprint density at radius 1 is 1.20 bits per heavy atom. The van der Waals surface area contributed by atoms with Gasteiger partial charge in [0.25, 0.3) is 5.91 Å². The van der Waals surface area contributed by atoms with E-state index < -0.39 is 0 Å². The molecule has 0 fully saturated rings. The third kappa shape index (κ3) is 4.73. The highest BCUT2D eigenvalue weighted by atomic mass is 79.9. The van der Waals surface area contributed by atoms with Crippen LogP contribution in [0.3, 0.4) is 0 Å². The molecule has 0 aliphatic heterocycles. The Hall–Kier alpha value is -2.06. The third-order valence-electron chi connectivity index (χ3n) is 3.47. The lowest BCUT2D eigenvalue weighted by Crippen LogP contribution is -2.25. The van der Waals surface area contributed by atoms with Crippen molar-refractivity contribution >= 4 is 49.7 Å². The second-order valence-corrected chi connectivity index (χ2v) is 6.97. The summed E-state index contributed by atoms with van der Waals surface area (Å²) in [6, 6.07) is 7.68. The number of hydrazone groups is 1. The summed E-state index contributed by atoms with van der Waals surface area (Å²) in [5.41, 5.74) is 5.30. The number of rotatable bonds is 5. The van der Waals surface area contributed by atoms with Crippen LogP contribution in [-0.4, -0.2) is 28.9 Å². The second kappa shape index (κ2) is 8.35. The molecule has 0 saturated carbocycles. The van der Waals surface area contributed by atoms with E-state index >= 15 is 0 Å². The van der Waals surface area contributed by atoms with Gasteiger partial charge < -0.3 is 15.5 Å². The van der Waals surface area contributed by atoms with E-state index in [1.165, 1.54) is 6.21 Å². The third-order valence-corrected chi connectivity index (χ3v) is 5.19. The van der Waals surface area contributed by atoms with Crippen molar-refractivity contribution in [1.82, 2.24) is 5.43 Å². The summed E-state index contributed by atoms with van der Waals surface area (Å²) >= 11 is 6.35. The number of hydrogen-bond acceptors (Lipinski definition) is 5. The second-order valence-electron chi connectivity index (χ2n) is 5.38. The highest BCUT2D eigenvalue weighted by Crippen LogP contribution is 2.43. The first kappa shape index (κ1) is 19.3. The van der Waals surface area contributed by atoms with Gasteiger partial charge in [0, 0.05) is 11.3 Å². The number of phenols is 2. The predicted octanol–water partition coefficient (Wildman–Crippen LogP) is 3.80. The van der Waals surface area contributed by atoms with Crippen LogP contribution in [0, 0.1) is 13.8 Å². The normalized spacial score (nSPS) is 10.9. The van der Waals surface area contributed by atoms with Gasteiger partial charge >= 0.3 is 0 Å². The Morgan fingerprint density at radius 2 is 1.92 bits per heavy atom. The van der Waals surface area contributed by atoms with Gasteiger partial charge in [-0.2, -0.15) is 5.10 Å². The highest BCUT2D eigenvalue weighted by molar-refractivity contribution is 9.11. The first-order chi connectivity index (χ1) is 11.8. The van der Waals surface area contributed by atoms with Crippen molar-refractivity contribution in [3.8, 4) is 11.5 Å². The zero-order valence-electron chi connectivity index (χ0n) is 13.6. The first-order valence-electron chi connectivity index (χ1n) is 7.33. The van der Waals surface area contributed by atoms with Crippen LogP contribution in [0.25, 0.3) is 0 Å². The van der Waals surface area contributed by atoms with Crippen molar-refractivity contribution < 1.29 is 15.0 Å². The molecule has 0 saturated heterocycles. The maximum Gasteiger partial charge on any atom is 0.259 e. The average molecular weight is 471 g/mol. The molecule has 0 heterocycles. The summed E-state index contributed by atoms with van der Waals surface area (Å²) < 4.78 is 0.588. The summed E-state index contributed by atoms with van der Waals surface area (Å²) in [5, 5.41) is 26.8. The molecule has 0 radical (unpaired) electrons. The number of nitrogens with zero attached hydrogens (tertiary/aromatic N) is 1. The molecule has 2 aromatic carbocycles. The number of anilines is 1. The highest BCUT2D eigenvalue weighted by Gasteiger charge is 2.17. The summed E-state index contributed by atoms with van der Waals surface area (Å²) in [6.45, 7) is 3.74. The Kier molecular flexibility index (Phi) is 6.44. The van der Waals surface area contributed by atoms with Crippen molar-refractivity contribution in [2.24, 2.45) is 5.10 Å². The fraction of sp³-hybridized carbons (Fsp3) is 0.176. The van der Waals surface area contributed by atoms with Crippen LogP contribution in [0.2, 0.25) is 0 Å². The minimum absolute atomic E-state index is 0.0642. The molecule has 1 amide bonds. The summed E-state index contributed by atoms with van der Waals surface area (Å²) in [5.74, 6) is -0.584. The van der Waals surface area contributed by atoms with Gasteiger partial charge in [-0.15, -0.1) is 0 Å². The van der Waals surface area contributed by atoms with Crippen LogP contribution in [0.4, 0.5) is 5.69 Å². The van der Waals surface area contributed by atoms with Crippen LogP contribution >= 0.6 is 31.9 Å². The lowest BCUT2D eigenvalue weighted by molar-refractivity contribution is -0.119. The number of carbonyl (C=O) groups excluding carboxylic acids is 1. The van der Waals surface area contributed by atoms with Crippen LogP contribution < -0.4 is 10.7 Å². The number of carbonyl (C=O) groups is 1. The number of hydrogen-bond donors (Lipinski definition) is 4. The van der Waals surface area contributed by atoms with Crippen molar-refractivity contribution in [3.63, 3.8) is 0 Å². The number of amides is 1. The van der Waals surface area contributed by atoms with Gasteiger partial charge in [-0.25, -0.2) is 5.43 Å². The zero-order chi connectivity index (χ0) is 18.6. The van der Waals surface area contributed by atoms with Gasteiger partial charge in [-0.1, -0.05) is 12.1 Å². The molecular weight excluding hydrogens is 454 g/mol. The number of aryl methyl sites for hydroxylation is 1. The number of phenolic OH excluding ortho intramolecular Hbond substituents is 2. The molecule has 0 bridgehead atoms. The molecular formula is C17H17Br2N3O3. The SMILES string of the molecule is Cc1cccc(NCC(=O)N/N=C\c2c(C)c(Br)c(O)c(Br)c2O)c1. The predicted molar refractivity (Wildman–Crippen MR) is 105 cm³/mol. The lowest BCUT2D eigenvalue weighted by atomic mass is 10.1. The summed E-state index contributed by atoms with van der Waals surface area (Å²) in [6.07, 6.45) is 1.32. The van der Waals surface area contributed by atoms with Crippen LogP contribution in [0.5, 0.6) is 11.5 Å².